The first kappa shape index (κ1) is 19.4. The van der Waals surface area contributed by atoms with Crippen molar-refractivity contribution >= 4 is 5.91 Å². The predicted octanol–water partition coefficient (Wildman–Crippen LogP) is 4.50. The zero-order valence-electron chi connectivity index (χ0n) is 16.6. The summed E-state index contributed by atoms with van der Waals surface area (Å²) in [6, 6.07) is 15.9. The van der Waals surface area contributed by atoms with Crippen LogP contribution in [0.3, 0.4) is 0 Å². The molecule has 0 radical (unpaired) electrons. The second kappa shape index (κ2) is 9.05. The van der Waals surface area contributed by atoms with E-state index in [-0.39, 0.29) is 5.91 Å². The van der Waals surface area contributed by atoms with E-state index in [2.05, 4.69) is 19.2 Å². The minimum atomic E-state index is 0.115. The SMILES string of the molecule is CC(C)Cc1cc(Oc2ccccc2)ccc1C(=O)N(C)C1CCNCC1. The Morgan fingerprint density at radius 1 is 1.11 bits per heavy atom. The quantitative estimate of drug-likeness (QED) is 0.818. The van der Waals surface area contributed by atoms with Crippen molar-refractivity contribution in [3.05, 3.63) is 59.7 Å². The molecule has 1 aliphatic rings. The molecule has 1 heterocycles. The van der Waals surface area contributed by atoms with Gasteiger partial charge in [0.2, 0.25) is 0 Å². The van der Waals surface area contributed by atoms with Crippen molar-refractivity contribution in [2.24, 2.45) is 5.92 Å². The number of rotatable bonds is 6. The molecular weight excluding hydrogens is 336 g/mol. The molecule has 3 rings (SSSR count). The van der Waals surface area contributed by atoms with Crippen LogP contribution in [0.5, 0.6) is 11.5 Å². The minimum absolute atomic E-state index is 0.115. The average Bonchev–Trinajstić information content (AvgIpc) is 2.68. The van der Waals surface area contributed by atoms with Gasteiger partial charge in [-0.05, 0) is 74.2 Å². The zero-order chi connectivity index (χ0) is 19.2. The molecule has 1 fully saturated rings. The summed E-state index contributed by atoms with van der Waals surface area (Å²) in [7, 11) is 1.94. The van der Waals surface area contributed by atoms with E-state index >= 15 is 0 Å². The third kappa shape index (κ3) is 5.10. The van der Waals surface area contributed by atoms with Crippen LogP contribution in [0.2, 0.25) is 0 Å². The average molecular weight is 367 g/mol. The lowest BCUT2D eigenvalue weighted by Gasteiger charge is -2.32. The molecule has 4 heteroatoms. The Bertz CT molecular complexity index is 752. The van der Waals surface area contributed by atoms with Gasteiger partial charge < -0.3 is 15.0 Å². The van der Waals surface area contributed by atoms with E-state index in [4.69, 9.17) is 4.74 Å². The zero-order valence-corrected chi connectivity index (χ0v) is 16.6. The van der Waals surface area contributed by atoms with Crippen molar-refractivity contribution in [1.82, 2.24) is 10.2 Å². The molecule has 2 aromatic rings. The lowest BCUT2D eigenvalue weighted by Crippen LogP contribution is -2.44. The second-order valence-corrected chi connectivity index (χ2v) is 7.73. The number of amides is 1. The maximum absolute atomic E-state index is 13.2. The summed E-state index contributed by atoms with van der Waals surface area (Å²) in [6.45, 7) is 6.31. The summed E-state index contributed by atoms with van der Waals surface area (Å²) >= 11 is 0. The summed E-state index contributed by atoms with van der Waals surface area (Å²) in [5.74, 6) is 2.16. The standard InChI is InChI=1S/C23H30N2O2/c1-17(2)15-18-16-21(27-20-7-5-4-6-8-20)9-10-22(18)23(26)25(3)19-11-13-24-14-12-19/h4-10,16-17,19,24H,11-15H2,1-3H3. The number of piperidine rings is 1. The van der Waals surface area contributed by atoms with Crippen LogP contribution in [-0.4, -0.2) is 37.0 Å². The number of hydrogen-bond donors (Lipinski definition) is 1. The van der Waals surface area contributed by atoms with Gasteiger partial charge in [-0.25, -0.2) is 0 Å². The monoisotopic (exact) mass is 366 g/mol. The molecule has 1 saturated heterocycles. The van der Waals surface area contributed by atoms with Crippen molar-refractivity contribution in [1.29, 1.82) is 0 Å². The Labute approximate surface area is 162 Å². The topological polar surface area (TPSA) is 41.6 Å². The molecule has 0 saturated carbocycles. The molecule has 0 atom stereocenters. The van der Waals surface area contributed by atoms with E-state index in [9.17, 15) is 4.79 Å². The summed E-state index contributed by atoms with van der Waals surface area (Å²) in [6.07, 6.45) is 2.88. The second-order valence-electron chi connectivity index (χ2n) is 7.73. The van der Waals surface area contributed by atoms with Gasteiger partial charge in [-0.15, -0.1) is 0 Å². The third-order valence-corrected chi connectivity index (χ3v) is 5.09. The highest BCUT2D eigenvalue weighted by atomic mass is 16.5. The highest BCUT2D eigenvalue weighted by Crippen LogP contribution is 2.27. The number of benzene rings is 2. The molecule has 1 N–H and O–H groups in total. The van der Waals surface area contributed by atoms with Crippen LogP contribution in [0.1, 0.15) is 42.6 Å². The van der Waals surface area contributed by atoms with Gasteiger partial charge in [-0.3, -0.25) is 4.79 Å². The van der Waals surface area contributed by atoms with Crippen molar-refractivity contribution in [3.63, 3.8) is 0 Å². The fraction of sp³-hybridized carbons (Fsp3) is 0.435. The maximum atomic E-state index is 13.2. The molecule has 0 aliphatic carbocycles. The first-order valence-corrected chi connectivity index (χ1v) is 9.88. The van der Waals surface area contributed by atoms with Crippen LogP contribution >= 0.6 is 0 Å². The Morgan fingerprint density at radius 2 is 1.81 bits per heavy atom. The van der Waals surface area contributed by atoms with Crippen molar-refractivity contribution < 1.29 is 9.53 Å². The number of carbonyl (C=O) groups is 1. The van der Waals surface area contributed by atoms with Crippen LogP contribution < -0.4 is 10.1 Å². The third-order valence-electron chi connectivity index (χ3n) is 5.09. The molecule has 144 valence electrons. The van der Waals surface area contributed by atoms with Crippen LogP contribution in [0.25, 0.3) is 0 Å². The molecule has 0 aromatic heterocycles. The summed E-state index contributed by atoms with van der Waals surface area (Å²) in [5, 5.41) is 3.36. The highest BCUT2D eigenvalue weighted by molar-refractivity contribution is 5.96. The smallest absolute Gasteiger partial charge is 0.254 e. The number of hydrogen-bond acceptors (Lipinski definition) is 3. The molecule has 4 nitrogen and oxygen atoms in total. The molecule has 1 amide bonds. The molecule has 0 bridgehead atoms. The summed E-state index contributed by atoms with van der Waals surface area (Å²) in [5.41, 5.74) is 1.86. The predicted molar refractivity (Wildman–Crippen MR) is 109 cm³/mol. The number of nitrogens with one attached hydrogen (secondary N) is 1. The summed E-state index contributed by atoms with van der Waals surface area (Å²) < 4.78 is 5.98. The van der Waals surface area contributed by atoms with Crippen LogP contribution in [0.15, 0.2) is 48.5 Å². The Morgan fingerprint density at radius 3 is 2.48 bits per heavy atom. The van der Waals surface area contributed by atoms with Gasteiger partial charge in [0.1, 0.15) is 11.5 Å². The number of para-hydroxylation sites is 1. The lowest BCUT2D eigenvalue weighted by atomic mass is 9.96. The van der Waals surface area contributed by atoms with Crippen molar-refractivity contribution in [3.8, 4) is 11.5 Å². The Kier molecular flexibility index (Phi) is 6.51. The minimum Gasteiger partial charge on any atom is -0.457 e. The van der Waals surface area contributed by atoms with Gasteiger partial charge >= 0.3 is 0 Å². The van der Waals surface area contributed by atoms with Crippen molar-refractivity contribution in [2.45, 2.75) is 39.2 Å². The van der Waals surface area contributed by atoms with E-state index in [1.54, 1.807) is 0 Å². The summed E-state index contributed by atoms with van der Waals surface area (Å²) in [4.78, 5) is 15.1. The van der Waals surface area contributed by atoms with E-state index < -0.39 is 0 Å². The number of ether oxygens (including phenoxy) is 1. The Balaban J connectivity index is 1.83. The van der Waals surface area contributed by atoms with E-state index in [1.807, 2.05) is 60.5 Å². The molecule has 0 spiro atoms. The van der Waals surface area contributed by atoms with Gasteiger partial charge in [0.25, 0.3) is 5.91 Å². The van der Waals surface area contributed by atoms with Crippen LogP contribution in [0.4, 0.5) is 0 Å². The van der Waals surface area contributed by atoms with Gasteiger partial charge in [0.05, 0.1) is 0 Å². The fourth-order valence-corrected chi connectivity index (χ4v) is 3.63. The maximum Gasteiger partial charge on any atom is 0.254 e. The van der Waals surface area contributed by atoms with Crippen LogP contribution in [-0.2, 0) is 6.42 Å². The normalized spacial score (nSPS) is 15.0. The van der Waals surface area contributed by atoms with Gasteiger partial charge in [0.15, 0.2) is 0 Å². The largest absolute Gasteiger partial charge is 0.457 e. The molecule has 0 unspecified atom stereocenters. The highest BCUT2D eigenvalue weighted by Gasteiger charge is 2.24. The molecule has 1 aliphatic heterocycles. The lowest BCUT2D eigenvalue weighted by molar-refractivity contribution is 0.0702. The molecule has 2 aromatic carbocycles. The van der Waals surface area contributed by atoms with E-state index in [0.717, 1.165) is 55.0 Å². The van der Waals surface area contributed by atoms with E-state index in [0.29, 0.717) is 12.0 Å². The molecular formula is C23H30N2O2. The van der Waals surface area contributed by atoms with Gasteiger partial charge in [-0.2, -0.15) is 0 Å². The number of carbonyl (C=O) groups excluding carboxylic acids is 1. The van der Waals surface area contributed by atoms with Crippen molar-refractivity contribution in [2.75, 3.05) is 20.1 Å². The Hall–Kier alpha value is -2.33. The van der Waals surface area contributed by atoms with Gasteiger partial charge in [-0.1, -0.05) is 32.0 Å². The fourth-order valence-electron chi connectivity index (χ4n) is 3.63. The van der Waals surface area contributed by atoms with Gasteiger partial charge in [0, 0.05) is 18.7 Å². The molecule has 27 heavy (non-hydrogen) atoms. The first-order valence-electron chi connectivity index (χ1n) is 9.88. The van der Waals surface area contributed by atoms with Crippen LogP contribution in [0, 0.1) is 5.92 Å². The van der Waals surface area contributed by atoms with E-state index in [1.165, 1.54) is 0 Å². The number of nitrogens with zero attached hydrogens (tertiary/aromatic N) is 1. The first-order chi connectivity index (χ1) is 13.0.